The highest BCUT2D eigenvalue weighted by molar-refractivity contribution is 6.30. The van der Waals surface area contributed by atoms with Crippen LogP contribution < -0.4 is 4.74 Å². The molecule has 0 radical (unpaired) electrons. The third-order valence-electron chi connectivity index (χ3n) is 5.86. The van der Waals surface area contributed by atoms with Crippen molar-refractivity contribution in [1.29, 1.82) is 0 Å². The van der Waals surface area contributed by atoms with Crippen molar-refractivity contribution in [3.8, 4) is 5.75 Å². The lowest BCUT2D eigenvalue weighted by molar-refractivity contribution is -0.0547. The van der Waals surface area contributed by atoms with Gasteiger partial charge in [-0.05, 0) is 48.2 Å². The van der Waals surface area contributed by atoms with Crippen molar-refractivity contribution in [2.45, 2.75) is 32.3 Å². The lowest BCUT2D eigenvalue weighted by atomic mass is 9.70. The minimum absolute atomic E-state index is 0. The summed E-state index contributed by atoms with van der Waals surface area (Å²) in [6, 6.07) is 15.8. The molecule has 2 aromatic carbocycles. The number of aliphatic hydroxyl groups is 1. The maximum Gasteiger partial charge on any atom is 0.119 e. The molecule has 0 amide bonds. The highest BCUT2D eigenvalue weighted by atomic mass is 35.5. The molecule has 3 rings (SSSR count). The summed E-state index contributed by atoms with van der Waals surface area (Å²) in [7, 11) is 0. The Balaban J connectivity index is 0.00000320. The molecule has 0 saturated carbocycles. The van der Waals surface area contributed by atoms with Gasteiger partial charge in [0.1, 0.15) is 5.75 Å². The minimum Gasteiger partial charge on any atom is -0.494 e. The number of hydrogen-bond acceptors (Lipinski definition) is 4. The van der Waals surface area contributed by atoms with Crippen LogP contribution in [0.15, 0.2) is 48.5 Å². The van der Waals surface area contributed by atoms with E-state index in [1.54, 1.807) is 0 Å². The predicted octanol–water partition coefficient (Wildman–Crippen LogP) is 5.12. The Kier molecular flexibility index (Phi) is 9.45. The Morgan fingerprint density at radius 1 is 1.07 bits per heavy atom. The topological polar surface area (TPSA) is 41.9 Å². The lowest BCUT2D eigenvalue weighted by Crippen LogP contribution is -2.47. The van der Waals surface area contributed by atoms with Crippen LogP contribution in [0, 0.1) is 5.92 Å². The minimum atomic E-state index is -1.03. The van der Waals surface area contributed by atoms with E-state index in [0.717, 1.165) is 49.7 Å². The summed E-state index contributed by atoms with van der Waals surface area (Å²) in [5.41, 5.74) is 0.965. The van der Waals surface area contributed by atoms with Crippen LogP contribution in [0.3, 0.4) is 0 Å². The molecule has 1 saturated heterocycles. The zero-order valence-corrected chi connectivity index (χ0v) is 19.6. The Bertz CT molecular complexity index is 761. The van der Waals surface area contributed by atoms with Crippen LogP contribution >= 0.6 is 24.0 Å². The normalized spacial score (nSPS) is 17.8. The van der Waals surface area contributed by atoms with E-state index in [1.165, 1.54) is 0 Å². The highest BCUT2D eigenvalue weighted by Gasteiger charge is 2.43. The van der Waals surface area contributed by atoms with Crippen LogP contribution in [-0.2, 0) is 10.3 Å². The molecule has 1 fully saturated rings. The van der Waals surface area contributed by atoms with Gasteiger partial charge in [0.2, 0.25) is 0 Å². The van der Waals surface area contributed by atoms with Crippen LogP contribution in [0.25, 0.3) is 0 Å². The van der Waals surface area contributed by atoms with Gasteiger partial charge in [-0.3, -0.25) is 4.90 Å². The van der Waals surface area contributed by atoms with Crippen molar-refractivity contribution in [1.82, 2.24) is 4.90 Å². The van der Waals surface area contributed by atoms with Crippen molar-refractivity contribution in [2.75, 3.05) is 39.5 Å². The van der Waals surface area contributed by atoms with Gasteiger partial charge >= 0.3 is 0 Å². The smallest absolute Gasteiger partial charge is 0.119 e. The Hall–Kier alpha value is -1.30. The van der Waals surface area contributed by atoms with Crippen LogP contribution in [-0.4, -0.2) is 49.5 Å². The summed E-state index contributed by atoms with van der Waals surface area (Å²) in [4.78, 5) is 2.38. The summed E-state index contributed by atoms with van der Waals surface area (Å²) in [6.45, 7) is 10.7. The second-order valence-corrected chi connectivity index (χ2v) is 8.39. The van der Waals surface area contributed by atoms with Crippen LogP contribution in [0.5, 0.6) is 5.75 Å². The number of benzene rings is 2. The van der Waals surface area contributed by atoms with Crippen molar-refractivity contribution in [3.05, 3.63) is 64.7 Å². The van der Waals surface area contributed by atoms with Gasteiger partial charge < -0.3 is 14.6 Å². The summed E-state index contributed by atoms with van der Waals surface area (Å²) in [5.74, 6) is 0.733. The van der Waals surface area contributed by atoms with Gasteiger partial charge in [-0.2, -0.15) is 0 Å². The zero-order valence-electron chi connectivity index (χ0n) is 18.0. The third kappa shape index (κ3) is 5.68. The monoisotopic (exact) mass is 453 g/mol. The average Bonchev–Trinajstić information content (AvgIpc) is 2.74. The molecule has 4 nitrogen and oxygen atoms in total. The summed E-state index contributed by atoms with van der Waals surface area (Å²) in [6.07, 6.45) is 0. The molecule has 6 heteroatoms. The maximum atomic E-state index is 12.2. The fraction of sp³-hybridized carbons (Fsp3) is 0.500. The number of morpholine rings is 1. The fourth-order valence-corrected chi connectivity index (χ4v) is 4.28. The summed E-state index contributed by atoms with van der Waals surface area (Å²) in [5, 5.41) is 12.9. The first kappa shape index (κ1) is 25.0. The average molecular weight is 454 g/mol. The van der Waals surface area contributed by atoms with Gasteiger partial charge in [0.15, 0.2) is 0 Å². The molecule has 0 aromatic heterocycles. The van der Waals surface area contributed by atoms with E-state index in [1.807, 2.05) is 55.5 Å². The second kappa shape index (κ2) is 11.4. The molecule has 0 bridgehead atoms. The maximum absolute atomic E-state index is 12.2. The highest BCUT2D eigenvalue weighted by Crippen LogP contribution is 2.44. The molecule has 1 N–H and O–H groups in total. The number of hydrogen-bond donors (Lipinski definition) is 1. The standard InChI is InChI=1S/C24H32ClNO3.ClH/c1-4-29-22-11-7-20(8-12-22)24(27,18(2)3)23(17-26-13-15-28-16-14-26)19-5-9-21(25)10-6-19;/h5-12,18,23,27H,4,13-17H2,1-3H3;1H. The molecule has 2 unspecified atom stereocenters. The Labute approximate surface area is 191 Å². The van der Waals surface area contributed by atoms with Crippen molar-refractivity contribution < 1.29 is 14.6 Å². The first-order chi connectivity index (χ1) is 13.9. The van der Waals surface area contributed by atoms with Crippen molar-refractivity contribution in [3.63, 3.8) is 0 Å². The van der Waals surface area contributed by atoms with Gasteiger partial charge in [0.25, 0.3) is 0 Å². The SMILES string of the molecule is CCOc1ccc(C(O)(C(C)C)C(CN2CCOCC2)c2ccc(Cl)cc2)cc1.Cl. The van der Waals surface area contributed by atoms with Crippen LogP contribution in [0.2, 0.25) is 5.02 Å². The van der Waals surface area contributed by atoms with Gasteiger partial charge in [-0.15, -0.1) is 12.4 Å². The van der Waals surface area contributed by atoms with E-state index < -0.39 is 5.60 Å². The molecule has 1 aliphatic rings. The van der Waals surface area contributed by atoms with Gasteiger partial charge in [-0.25, -0.2) is 0 Å². The third-order valence-corrected chi connectivity index (χ3v) is 6.11. The first-order valence-electron chi connectivity index (χ1n) is 10.5. The van der Waals surface area contributed by atoms with Gasteiger partial charge in [-0.1, -0.05) is 49.7 Å². The van der Waals surface area contributed by atoms with Crippen molar-refractivity contribution >= 4 is 24.0 Å². The molecule has 166 valence electrons. The molecule has 2 aromatic rings. The molecule has 2 atom stereocenters. The summed E-state index contributed by atoms with van der Waals surface area (Å²) >= 11 is 6.15. The van der Waals surface area contributed by atoms with E-state index >= 15 is 0 Å². The van der Waals surface area contributed by atoms with E-state index in [9.17, 15) is 5.11 Å². The number of halogens is 2. The summed E-state index contributed by atoms with van der Waals surface area (Å²) < 4.78 is 11.1. The zero-order chi connectivity index (χ0) is 20.9. The number of rotatable bonds is 8. The molecule has 1 aliphatic heterocycles. The first-order valence-corrected chi connectivity index (χ1v) is 10.8. The molecule has 30 heavy (non-hydrogen) atoms. The predicted molar refractivity (Wildman–Crippen MR) is 125 cm³/mol. The molecule has 0 spiro atoms. The second-order valence-electron chi connectivity index (χ2n) is 7.95. The van der Waals surface area contributed by atoms with Gasteiger partial charge in [0.05, 0.1) is 25.4 Å². The number of nitrogens with zero attached hydrogens (tertiary/aromatic N) is 1. The quantitative estimate of drug-likeness (QED) is 0.601. The van der Waals surface area contributed by atoms with Crippen LogP contribution in [0.4, 0.5) is 0 Å². The van der Waals surface area contributed by atoms with E-state index in [4.69, 9.17) is 21.1 Å². The van der Waals surface area contributed by atoms with E-state index in [2.05, 4.69) is 18.7 Å². The van der Waals surface area contributed by atoms with Crippen LogP contribution in [0.1, 0.15) is 37.8 Å². The molecular weight excluding hydrogens is 421 g/mol. The lowest BCUT2D eigenvalue weighted by Gasteiger charge is -2.43. The fourth-order valence-electron chi connectivity index (χ4n) is 4.16. The largest absolute Gasteiger partial charge is 0.494 e. The van der Waals surface area contributed by atoms with E-state index in [0.29, 0.717) is 11.6 Å². The molecule has 1 heterocycles. The Morgan fingerprint density at radius 3 is 2.20 bits per heavy atom. The molecule has 0 aliphatic carbocycles. The van der Waals surface area contributed by atoms with Crippen molar-refractivity contribution in [2.24, 2.45) is 5.92 Å². The number of ether oxygens (including phenoxy) is 2. The van der Waals surface area contributed by atoms with E-state index in [-0.39, 0.29) is 24.2 Å². The Morgan fingerprint density at radius 2 is 1.67 bits per heavy atom. The van der Waals surface area contributed by atoms with Gasteiger partial charge in [0, 0.05) is 30.6 Å². The molecular formula is C24H33Cl2NO3.